The fraction of sp³-hybridized carbons (Fsp3) is 0.250. The van der Waals surface area contributed by atoms with E-state index in [1.165, 1.54) is 0 Å². The third-order valence-corrected chi connectivity index (χ3v) is 3.95. The van der Waals surface area contributed by atoms with Crippen molar-refractivity contribution < 1.29 is 9.32 Å². The molecule has 0 radical (unpaired) electrons. The summed E-state index contributed by atoms with van der Waals surface area (Å²) in [6.45, 7) is 6.24. The molecule has 0 aliphatic carbocycles. The van der Waals surface area contributed by atoms with Crippen molar-refractivity contribution in [2.24, 2.45) is 0 Å². The van der Waals surface area contributed by atoms with Crippen molar-refractivity contribution in [1.29, 1.82) is 0 Å². The van der Waals surface area contributed by atoms with Gasteiger partial charge in [0.1, 0.15) is 6.54 Å². The highest BCUT2D eigenvalue weighted by Gasteiger charge is 2.22. The number of aromatic nitrogens is 2. The Balaban J connectivity index is 1.81. The zero-order valence-corrected chi connectivity index (χ0v) is 14.6. The van der Waals surface area contributed by atoms with Gasteiger partial charge in [0, 0.05) is 17.2 Å². The Bertz CT molecular complexity index is 856. The van der Waals surface area contributed by atoms with Gasteiger partial charge in [-0.1, -0.05) is 47.1 Å². The first-order chi connectivity index (χ1) is 12.0. The van der Waals surface area contributed by atoms with E-state index in [4.69, 9.17) is 4.52 Å². The topological polar surface area (TPSA) is 59.2 Å². The lowest BCUT2D eigenvalue weighted by Gasteiger charge is -2.25. The highest BCUT2D eigenvalue weighted by atomic mass is 16.5. The molecule has 1 aromatic heterocycles. The molecule has 0 N–H and O–H groups in total. The number of carbonyl (C=O) groups excluding carboxylic acids is 1. The van der Waals surface area contributed by atoms with E-state index in [2.05, 4.69) is 10.1 Å². The van der Waals surface area contributed by atoms with Gasteiger partial charge in [-0.05, 0) is 39.0 Å². The van der Waals surface area contributed by atoms with Crippen LogP contribution in [-0.4, -0.2) is 27.0 Å². The normalized spacial score (nSPS) is 10.9. The van der Waals surface area contributed by atoms with Crippen LogP contribution in [-0.2, 0) is 6.54 Å². The molecule has 0 aliphatic heterocycles. The monoisotopic (exact) mass is 335 g/mol. The number of aryl methyl sites for hydroxylation is 1. The summed E-state index contributed by atoms with van der Waals surface area (Å²) in [6, 6.07) is 17.2. The summed E-state index contributed by atoms with van der Waals surface area (Å²) in [6.07, 6.45) is 0. The van der Waals surface area contributed by atoms with Crippen LogP contribution in [0.3, 0.4) is 0 Å². The number of rotatable bonds is 5. The first-order valence-corrected chi connectivity index (χ1v) is 8.30. The maximum atomic E-state index is 12.7. The Morgan fingerprint density at radius 1 is 1.12 bits per heavy atom. The highest BCUT2D eigenvalue weighted by Crippen LogP contribution is 2.19. The molecule has 0 spiro atoms. The molecule has 0 bridgehead atoms. The quantitative estimate of drug-likeness (QED) is 0.704. The van der Waals surface area contributed by atoms with Gasteiger partial charge >= 0.3 is 0 Å². The van der Waals surface area contributed by atoms with Crippen LogP contribution in [0.15, 0.2) is 59.1 Å². The maximum Gasteiger partial charge on any atom is 0.254 e. The second-order valence-electron chi connectivity index (χ2n) is 6.27. The van der Waals surface area contributed by atoms with E-state index < -0.39 is 0 Å². The fourth-order valence-electron chi connectivity index (χ4n) is 2.60. The zero-order chi connectivity index (χ0) is 17.8. The smallest absolute Gasteiger partial charge is 0.254 e. The van der Waals surface area contributed by atoms with Crippen LogP contribution in [0.4, 0.5) is 0 Å². The molecule has 0 aliphatic rings. The summed E-state index contributed by atoms with van der Waals surface area (Å²) in [4.78, 5) is 18.9. The minimum atomic E-state index is -0.0501. The third kappa shape index (κ3) is 3.94. The van der Waals surface area contributed by atoms with Gasteiger partial charge in [0.05, 0.1) is 0 Å². The molecule has 3 aromatic rings. The van der Waals surface area contributed by atoms with Crippen LogP contribution in [0.1, 0.15) is 35.7 Å². The van der Waals surface area contributed by atoms with Crippen molar-refractivity contribution in [3.63, 3.8) is 0 Å². The standard InChI is InChI=1S/C20H21N3O2/c1-14(2)23(20(24)16-9-5-4-6-10-16)13-18-21-19(22-25-18)17-11-7-8-15(3)12-17/h4-12,14H,13H2,1-3H3. The predicted octanol–water partition coefficient (Wildman–Crippen LogP) is 4.10. The summed E-state index contributed by atoms with van der Waals surface area (Å²) in [5, 5.41) is 4.05. The summed E-state index contributed by atoms with van der Waals surface area (Å²) in [5.41, 5.74) is 2.68. The zero-order valence-electron chi connectivity index (χ0n) is 14.6. The second kappa shape index (κ2) is 7.30. The number of hydrogen-bond donors (Lipinski definition) is 0. The molecule has 0 unspecified atom stereocenters. The molecular formula is C20H21N3O2. The largest absolute Gasteiger partial charge is 0.337 e. The van der Waals surface area contributed by atoms with Crippen LogP contribution in [0.5, 0.6) is 0 Å². The molecule has 5 nitrogen and oxygen atoms in total. The SMILES string of the molecule is Cc1cccc(-c2noc(CN(C(=O)c3ccccc3)C(C)C)n2)c1. The first kappa shape index (κ1) is 16.9. The number of hydrogen-bond acceptors (Lipinski definition) is 4. The molecule has 0 saturated carbocycles. The van der Waals surface area contributed by atoms with E-state index in [9.17, 15) is 4.79 Å². The number of benzene rings is 2. The number of nitrogens with zero attached hydrogens (tertiary/aromatic N) is 3. The molecule has 1 heterocycles. The summed E-state index contributed by atoms with van der Waals surface area (Å²) in [7, 11) is 0. The van der Waals surface area contributed by atoms with Gasteiger partial charge in [-0.2, -0.15) is 4.98 Å². The summed E-state index contributed by atoms with van der Waals surface area (Å²) < 4.78 is 5.37. The van der Waals surface area contributed by atoms with Gasteiger partial charge in [-0.3, -0.25) is 4.79 Å². The van der Waals surface area contributed by atoms with Crippen molar-refractivity contribution in [1.82, 2.24) is 15.0 Å². The fourth-order valence-corrected chi connectivity index (χ4v) is 2.60. The lowest BCUT2D eigenvalue weighted by molar-refractivity contribution is 0.0667. The van der Waals surface area contributed by atoms with E-state index in [1.54, 1.807) is 4.90 Å². The molecule has 3 rings (SSSR count). The summed E-state index contributed by atoms with van der Waals surface area (Å²) in [5.74, 6) is 0.912. The molecule has 0 fully saturated rings. The Morgan fingerprint density at radius 3 is 2.56 bits per heavy atom. The average Bonchev–Trinajstić information content (AvgIpc) is 3.08. The third-order valence-electron chi connectivity index (χ3n) is 3.95. The van der Waals surface area contributed by atoms with Crippen LogP contribution < -0.4 is 0 Å². The molecule has 5 heteroatoms. The molecule has 0 saturated heterocycles. The number of amides is 1. The molecule has 1 amide bonds. The second-order valence-corrected chi connectivity index (χ2v) is 6.27. The van der Waals surface area contributed by atoms with Gasteiger partial charge in [-0.15, -0.1) is 0 Å². The van der Waals surface area contributed by atoms with Crippen molar-refractivity contribution in [3.8, 4) is 11.4 Å². The lowest BCUT2D eigenvalue weighted by Crippen LogP contribution is -2.36. The van der Waals surface area contributed by atoms with Gasteiger partial charge in [-0.25, -0.2) is 0 Å². The van der Waals surface area contributed by atoms with Crippen LogP contribution in [0, 0.1) is 6.92 Å². The van der Waals surface area contributed by atoms with E-state index in [-0.39, 0.29) is 18.5 Å². The highest BCUT2D eigenvalue weighted by molar-refractivity contribution is 5.94. The van der Waals surface area contributed by atoms with E-state index >= 15 is 0 Å². The minimum absolute atomic E-state index is 0.0158. The van der Waals surface area contributed by atoms with Crippen LogP contribution >= 0.6 is 0 Å². The molecule has 25 heavy (non-hydrogen) atoms. The van der Waals surface area contributed by atoms with Gasteiger partial charge in [0.25, 0.3) is 5.91 Å². The first-order valence-electron chi connectivity index (χ1n) is 8.30. The van der Waals surface area contributed by atoms with Crippen molar-refractivity contribution in [2.75, 3.05) is 0 Å². The Hall–Kier alpha value is -2.95. The number of carbonyl (C=O) groups is 1. The Labute approximate surface area is 147 Å². The molecule has 2 aromatic carbocycles. The Kier molecular flexibility index (Phi) is 4.93. The van der Waals surface area contributed by atoms with Crippen molar-refractivity contribution in [3.05, 3.63) is 71.6 Å². The molecule has 0 atom stereocenters. The van der Waals surface area contributed by atoms with E-state index in [1.807, 2.05) is 75.4 Å². The van der Waals surface area contributed by atoms with E-state index in [0.717, 1.165) is 11.1 Å². The minimum Gasteiger partial charge on any atom is -0.337 e. The van der Waals surface area contributed by atoms with Crippen molar-refractivity contribution >= 4 is 5.91 Å². The van der Waals surface area contributed by atoms with Gasteiger partial charge < -0.3 is 9.42 Å². The van der Waals surface area contributed by atoms with Gasteiger partial charge in [0.2, 0.25) is 11.7 Å². The Morgan fingerprint density at radius 2 is 1.88 bits per heavy atom. The molecular weight excluding hydrogens is 314 g/mol. The lowest BCUT2D eigenvalue weighted by atomic mass is 10.1. The van der Waals surface area contributed by atoms with Crippen LogP contribution in [0.25, 0.3) is 11.4 Å². The van der Waals surface area contributed by atoms with Crippen molar-refractivity contribution in [2.45, 2.75) is 33.4 Å². The predicted molar refractivity (Wildman–Crippen MR) is 95.9 cm³/mol. The maximum absolute atomic E-state index is 12.7. The van der Waals surface area contributed by atoms with Crippen LogP contribution in [0.2, 0.25) is 0 Å². The van der Waals surface area contributed by atoms with E-state index in [0.29, 0.717) is 17.3 Å². The molecule has 128 valence electrons. The summed E-state index contributed by atoms with van der Waals surface area (Å²) >= 11 is 0. The van der Waals surface area contributed by atoms with Gasteiger partial charge in [0.15, 0.2) is 0 Å². The average molecular weight is 335 g/mol.